The van der Waals surface area contributed by atoms with Crippen LogP contribution < -0.4 is 0 Å². The molecule has 1 aliphatic heterocycles. The highest BCUT2D eigenvalue weighted by atomic mass is 32.2. The number of ether oxygens (including phenoxy) is 1. The van der Waals surface area contributed by atoms with Crippen LogP contribution in [0.2, 0.25) is 0 Å². The third kappa shape index (κ3) is 5.76. The van der Waals surface area contributed by atoms with E-state index in [0.717, 1.165) is 59.2 Å². The molecule has 3 rings (SSSR count). The Hall–Kier alpha value is -1.06. The summed E-state index contributed by atoms with van der Waals surface area (Å²) in [5, 5.41) is 20.0. The Bertz CT molecular complexity index is 737. The van der Waals surface area contributed by atoms with Crippen molar-refractivity contribution in [2.75, 3.05) is 24.7 Å². The average Bonchev–Trinajstić information content (AvgIpc) is 3.20. The summed E-state index contributed by atoms with van der Waals surface area (Å²) in [6.45, 7) is 14.7. The molecule has 162 valence electrons. The molecule has 0 saturated heterocycles. The molecule has 0 aliphatic carbocycles. The summed E-state index contributed by atoms with van der Waals surface area (Å²) in [5.41, 5.74) is -0.0776. The van der Waals surface area contributed by atoms with Crippen LogP contribution in [0, 0.1) is 0 Å². The maximum atomic E-state index is 5.85. The predicted octanol–water partition coefficient (Wildman–Crippen LogP) is 4.16. The Kier molecular flexibility index (Phi) is 7.32. The monoisotopic (exact) mass is 438 g/mol. The number of thioether (sulfide) groups is 2. The molecule has 2 aromatic rings. The van der Waals surface area contributed by atoms with E-state index in [1.165, 1.54) is 0 Å². The lowest BCUT2D eigenvalue weighted by Gasteiger charge is -2.25. The lowest BCUT2D eigenvalue weighted by atomic mass is 10.1. The molecule has 0 radical (unpaired) electrons. The molecule has 3 heterocycles. The molecule has 4 bridgehead atoms. The molecule has 9 heteroatoms. The van der Waals surface area contributed by atoms with Gasteiger partial charge in [0.2, 0.25) is 0 Å². The first kappa shape index (κ1) is 22.6. The Labute approximate surface area is 182 Å². The standard InChI is InChI=1S/C20H34N6OS2/c1-19(2,3)25-15-9-7-8-10-16-22-24-18(26(16)20(4,5)6)29-14-12-27-11-13-28-17(25)23-21-15/h7-14H2,1-6H3. The zero-order valence-corrected chi connectivity index (χ0v) is 20.2. The van der Waals surface area contributed by atoms with Gasteiger partial charge < -0.3 is 13.9 Å². The van der Waals surface area contributed by atoms with Gasteiger partial charge >= 0.3 is 0 Å². The van der Waals surface area contributed by atoms with E-state index in [1.54, 1.807) is 23.5 Å². The van der Waals surface area contributed by atoms with Gasteiger partial charge in [-0.15, -0.1) is 20.4 Å². The molecule has 0 amide bonds. The molecule has 7 nitrogen and oxygen atoms in total. The van der Waals surface area contributed by atoms with Crippen LogP contribution in [0.5, 0.6) is 0 Å². The van der Waals surface area contributed by atoms with Crippen molar-refractivity contribution in [3.63, 3.8) is 0 Å². The average molecular weight is 439 g/mol. The minimum atomic E-state index is -0.0388. The lowest BCUT2D eigenvalue weighted by molar-refractivity contribution is 0.167. The fourth-order valence-electron chi connectivity index (χ4n) is 3.51. The van der Waals surface area contributed by atoms with Crippen molar-refractivity contribution in [2.24, 2.45) is 0 Å². The quantitative estimate of drug-likeness (QED) is 0.611. The van der Waals surface area contributed by atoms with E-state index in [0.29, 0.717) is 13.2 Å². The van der Waals surface area contributed by atoms with Gasteiger partial charge in [-0.25, -0.2) is 0 Å². The van der Waals surface area contributed by atoms with Crippen LogP contribution in [0.4, 0.5) is 0 Å². The summed E-state index contributed by atoms with van der Waals surface area (Å²) < 4.78 is 10.4. The van der Waals surface area contributed by atoms with Gasteiger partial charge in [-0.2, -0.15) is 0 Å². The van der Waals surface area contributed by atoms with Crippen LogP contribution in [0.1, 0.15) is 66.0 Å². The molecule has 0 saturated carbocycles. The second-order valence-corrected chi connectivity index (χ2v) is 11.5. The van der Waals surface area contributed by atoms with Crippen molar-refractivity contribution < 1.29 is 4.74 Å². The summed E-state index contributed by atoms with van der Waals surface area (Å²) in [7, 11) is 0. The second kappa shape index (κ2) is 9.39. The highest BCUT2D eigenvalue weighted by Gasteiger charge is 2.25. The van der Waals surface area contributed by atoms with Gasteiger partial charge in [0.1, 0.15) is 11.6 Å². The Morgan fingerprint density at radius 1 is 0.690 bits per heavy atom. The van der Waals surface area contributed by atoms with Crippen LogP contribution in [0.15, 0.2) is 10.3 Å². The largest absolute Gasteiger partial charge is 0.380 e. The van der Waals surface area contributed by atoms with E-state index in [4.69, 9.17) is 4.74 Å². The molecule has 0 aromatic carbocycles. The van der Waals surface area contributed by atoms with E-state index >= 15 is 0 Å². The minimum Gasteiger partial charge on any atom is -0.380 e. The highest BCUT2D eigenvalue weighted by Crippen LogP contribution is 2.28. The van der Waals surface area contributed by atoms with Gasteiger partial charge in [0.05, 0.1) is 13.2 Å². The SMILES string of the molecule is CC(C)(C)n1c2nnc1SCCOCCSc1nnc(n1C(C)(C)C)CCCC2. The number of fused-ring (bicyclic) bond motifs is 4. The van der Waals surface area contributed by atoms with Gasteiger partial charge in [0.15, 0.2) is 10.3 Å². The Balaban J connectivity index is 1.81. The molecular weight excluding hydrogens is 404 g/mol. The van der Waals surface area contributed by atoms with Crippen molar-refractivity contribution in [3.8, 4) is 0 Å². The molecule has 0 fully saturated rings. The van der Waals surface area contributed by atoms with Gasteiger partial charge in [0, 0.05) is 35.4 Å². The van der Waals surface area contributed by atoms with Crippen molar-refractivity contribution >= 4 is 23.5 Å². The Morgan fingerprint density at radius 2 is 1.10 bits per heavy atom. The topological polar surface area (TPSA) is 70.7 Å². The maximum Gasteiger partial charge on any atom is 0.191 e. The first-order valence-electron chi connectivity index (χ1n) is 10.4. The molecule has 2 aromatic heterocycles. The smallest absolute Gasteiger partial charge is 0.191 e. The number of nitrogens with zero attached hydrogens (tertiary/aromatic N) is 6. The number of aryl methyl sites for hydroxylation is 2. The fourth-order valence-corrected chi connectivity index (χ4v) is 5.49. The van der Waals surface area contributed by atoms with Crippen LogP contribution >= 0.6 is 23.5 Å². The molecule has 0 N–H and O–H groups in total. The van der Waals surface area contributed by atoms with Crippen molar-refractivity contribution in [3.05, 3.63) is 11.6 Å². The van der Waals surface area contributed by atoms with Gasteiger partial charge in [-0.3, -0.25) is 0 Å². The van der Waals surface area contributed by atoms with Crippen molar-refractivity contribution in [2.45, 2.75) is 88.6 Å². The van der Waals surface area contributed by atoms with E-state index in [2.05, 4.69) is 71.1 Å². The second-order valence-electron chi connectivity index (χ2n) is 9.33. The maximum absolute atomic E-state index is 5.85. The minimum absolute atomic E-state index is 0.0388. The van der Waals surface area contributed by atoms with Crippen LogP contribution in [-0.4, -0.2) is 54.2 Å². The van der Waals surface area contributed by atoms with Gasteiger partial charge in [-0.05, 0) is 54.4 Å². The molecular formula is C20H34N6OS2. The van der Waals surface area contributed by atoms with Crippen molar-refractivity contribution in [1.82, 2.24) is 29.5 Å². The summed E-state index contributed by atoms with van der Waals surface area (Å²) in [4.78, 5) is 0. The molecule has 0 unspecified atom stereocenters. The van der Waals surface area contributed by atoms with Crippen LogP contribution in [0.3, 0.4) is 0 Å². The highest BCUT2D eigenvalue weighted by molar-refractivity contribution is 7.99. The summed E-state index contributed by atoms with van der Waals surface area (Å²) >= 11 is 3.46. The number of hydrogen-bond donors (Lipinski definition) is 0. The fraction of sp³-hybridized carbons (Fsp3) is 0.800. The summed E-state index contributed by atoms with van der Waals surface area (Å²) in [5.74, 6) is 3.89. The number of rotatable bonds is 0. The van der Waals surface area contributed by atoms with E-state index < -0.39 is 0 Å². The third-order valence-corrected chi connectivity index (χ3v) is 6.50. The van der Waals surface area contributed by atoms with E-state index in [1.807, 2.05) is 0 Å². The first-order valence-corrected chi connectivity index (χ1v) is 12.4. The molecule has 1 aliphatic rings. The zero-order valence-electron chi connectivity index (χ0n) is 18.6. The zero-order chi connectivity index (χ0) is 21.1. The Morgan fingerprint density at radius 3 is 1.48 bits per heavy atom. The normalized spacial score (nSPS) is 17.9. The van der Waals surface area contributed by atoms with Gasteiger partial charge in [-0.1, -0.05) is 23.5 Å². The number of aromatic nitrogens is 6. The summed E-state index contributed by atoms with van der Waals surface area (Å²) in [6, 6.07) is 0. The molecule has 0 spiro atoms. The van der Waals surface area contributed by atoms with Crippen molar-refractivity contribution in [1.29, 1.82) is 0 Å². The first-order chi connectivity index (χ1) is 13.7. The predicted molar refractivity (Wildman–Crippen MR) is 119 cm³/mol. The van der Waals surface area contributed by atoms with Crippen LogP contribution in [0.25, 0.3) is 0 Å². The van der Waals surface area contributed by atoms with Gasteiger partial charge in [0.25, 0.3) is 0 Å². The van der Waals surface area contributed by atoms with E-state index in [-0.39, 0.29) is 11.1 Å². The van der Waals surface area contributed by atoms with Crippen LogP contribution in [-0.2, 0) is 28.7 Å². The summed E-state index contributed by atoms with van der Waals surface area (Å²) in [6.07, 6.45) is 3.96. The lowest BCUT2D eigenvalue weighted by Crippen LogP contribution is -2.25. The molecule has 29 heavy (non-hydrogen) atoms. The number of hydrogen-bond acceptors (Lipinski definition) is 7. The van der Waals surface area contributed by atoms with E-state index in [9.17, 15) is 0 Å². The molecule has 0 atom stereocenters. The third-order valence-electron chi connectivity index (χ3n) is 4.71.